The molecule has 0 spiro atoms. The Morgan fingerprint density at radius 1 is 0.810 bits per heavy atom. The van der Waals surface area contributed by atoms with E-state index in [1.807, 2.05) is 0 Å². The van der Waals surface area contributed by atoms with Gasteiger partial charge in [0.15, 0.2) is 0 Å². The Morgan fingerprint density at radius 3 is 1.86 bits per heavy atom. The molecule has 0 amide bonds. The van der Waals surface area contributed by atoms with Gasteiger partial charge in [-0.15, -0.1) is 0 Å². The number of hydrogen-bond acceptors (Lipinski definition) is 1. The van der Waals surface area contributed by atoms with Gasteiger partial charge in [-0.25, -0.2) is 4.98 Å². The van der Waals surface area contributed by atoms with Crippen LogP contribution in [0.25, 0.3) is 11.3 Å². The van der Waals surface area contributed by atoms with Crippen LogP contribution >= 0.6 is 15.9 Å². The first-order valence-electron chi connectivity index (χ1n) is 5.50. The van der Waals surface area contributed by atoms with Crippen molar-refractivity contribution in [2.24, 2.45) is 0 Å². The maximum atomic E-state index is 12.7. The van der Waals surface area contributed by atoms with Crippen LogP contribution in [0.2, 0.25) is 0 Å². The van der Waals surface area contributed by atoms with Gasteiger partial charge in [0.2, 0.25) is 0 Å². The van der Waals surface area contributed by atoms with Crippen LogP contribution in [0.3, 0.4) is 0 Å². The summed E-state index contributed by atoms with van der Waals surface area (Å²) in [6.07, 6.45) is -9.13. The molecule has 1 heterocycles. The summed E-state index contributed by atoms with van der Waals surface area (Å²) in [5, 5.41) is 0. The largest absolute Gasteiger partial charge is 0.433 e. The molecule has 1 aromatic carbocycles. The molecule has 112 valence electrons. The Morgan fingerprint density at radius 2 is 1.38 bits per heavy atom. The van der Waals surface area contributed by atoms with Crippen molar-refractivity contribution in [2.45, 2.75) is 12.4 Å². The number of hydrogen-bond donors (Lipinski definition) is 0. The van der Waals surface area contributed by atoms with E-state index in [0.717, 1.165) is 30.3 Å². The molecule has 0 bridgehead atoms. The molecule has 0 atom stereocenters. The van der Waals surface area contributed by atoms with E-state index in [2.05, 4.69) is 20.9 Å². The van der Waals surface area contributed by atoms with Crippen molar-refractivity contribution in [2.75, 3.05) is 0 Å². The minimum Gasteiger partial charge on any atom is -0.243 e. The minimum absolute atomic E-state index is 0.0644. The number of halogens is 7. The lowest BCUT2D eigenvalue weighted by molar-refractivity contribution is -0.141. The van der Waals surface area contributed by atoms with Gasteiger partial charge in [0, 0.05) is 10.0 Å². The second-order valence-corrected chi connectivity index (χ2v) is 5.04. The minimum atomic E-state index is -4.63. The van der Waals surface area contributed by atoms with Gasteiger partial charge >= 0.3 is 12.4 Å². The smallest absolute Gasteiger partial charge is 0.243 e. The maximum Gasteiger partial charge on any atom is 0.433 e. The van der Waals surface area contributed by atoms with Crippen LogP contribution in [0, 0.1) is 0 Å². The molecule has 0 fully saturated rings. The lowest BCUT2D eigenvalue weighted by Crippen LogP contribution is -2.08. The van der Waals surface area contributed by atoms with Crippen LogP contribution in [-0.2, 0) is 12.4 Å². The average molecular weight is 370 g/mol. The molecular weight excluding hydrogens is 364 g/mol. The van der Waals surface area contributed by atoms with Crippen LogP contribution in [0.1, 0.15) is 11.3 Å². The predicted octanol–water partition coefficient (Wildman–Crippen LogP) is 5.55. The van der Waals surface area contributed by atoms with Crippen molar-refractivity contribution in [3.05, 3.63) is 52.1 Å². The standard InChI is InChI=1S/C13H6BrF6N/c14-9-5-10(21-11(6-9)13(18,19)20)7-1-3-8(4-2-7)12(15,16)17/h1-6H. The second-order valence-electron chi connectivity index (χ2n) is 4.13. The first-order chi connectivity index (χ1) is 9.57. The molecule has 2 aromatic rings. The summed E-state index contributed by atoms with van der Waals surface area (Å²) in [5.41, 5.74) is -1.90. The molecule has 0 radical (unpaired) electrons. The fourth-order valence-corrected chi connectivity index (χ4v) is 2.05. The van der Waals surface area contributed by atoms with Gasteiger partial charge in [-0.2, -0.15) is 26.3 Å². The molecule has 0 aliphatic heterocycles. The lowest BCUT2D eigenvalue weighted by Gasteiger charge is -2.10. The van der Waals surface area contributed by atoms with Gasteiger partial charge in [-0.1, -0.05) is 28.1 Å². The Balaban J connectivity index is 2.45. The number of pyridine rings is 1. The number of nitrogens with zero attached hydrogens (tertiary/aromatic N) is 1. The molecular formula is C13H6BrF6N. The van der Waals surface area contributed by atoms with Gasteiger partial charge in [0.1, 0.15) is 5.69 Å². The van der Waals surface area contributed by atoms with Gasteiger partial charge in [0.25, 0.3) is 0 Å². The summed E-state index contributed by atoms with van der Waals surface area (Å²) in [6.45, 7) is 0. The molecule has 8 heteroatoms. The van der Waals surface area contributed by atoms with Crippen LogP contribution in [0.5, 0.6) is 0 Å². The molecule has 0 aliphatic rings. The summed E-state index contributed by atoms with van der Waals surface area (Å²) < 4.78 is 75.4. The fourth-order valence-electron chi connectivity index (χ4n) is 1.62. The van der Waals surface area contributed by atoms with Gasteiger partial charge in [-0.05, 0) is 24.3 Å². The number of benzene rings is 1. The fraction of sp³-hybridized carbons (Fsp3) is 0.154. The third-order valence-corrected chi connectivity index (χ3v) is 3.05. The molecule has 0 N–H and O–H groups in total. The quantitative estimate of drug-likeness (QED) is 0.600. The zero-order valence-corrected chi connectivity index (χ0v) is 11.6. The molecule has 1 aromatic heterocycles. The van der Waals surface area contributed by atoms with E-state index in [1.165, 1.54) is 6.07 Å². The SMILES string of the molecule is FC(F)(F)c1ccc(-c2cc(Br)cc(C(F)(F)F)n2)cc1. The van der Waals surface area contributed by atoms with E-state index in [-0.39, 0.29) is 15.7 Å². The molecule has 0 unspecified atom stereocenters. The summed E-state index contributed by atoms with van der Waals surface area (Å²) in [6, 6.07) is 5.86. The van der Waals surface area contributed by atoms with Crippen LogP contribution in [0.4, 0.5) is 26.3 Å². The van der Waals surface area contributed by atoms with Crippen LogP contribution in [-0.4, -0.2) is 4.98 Å². The van der Waals surface area contributed by atoms with Crippen molar-refractivity contribution in [3.8, 4) is 11.3 Å². The van der Waals surface area contributed by atoms with E-state index in [1.54, 1.807) is 0 Å². The van der Waals surface area contributed by atoms with Crippen molar-refractivity contribution in [3.63, 3.8) is 0 Å². The number of alkyl halides is 6. The Kier molecular flexibility index (Phi) is 4.01. The zero-order chi connectivity index (χ0) is 15.8. The summed E-state index contributed by atoms with van der Waals surface area (Å²) in [5.74, 6) is 0. The monoisotopic (exact) mass is 369 g/mol. The topological polar surface area (TPSA) is 12.9 Å². The second kappa shape index (κ2) is 5.32. The van der Waals surface area contributed by atoms with Gasteiger partial charge in [-0.3, -0.25) is 0 Å². The molecule has 1 nitrogen and oxygen atoms in total. The molecule has 2 rings (SSSR count). The molecule has 0 aliphatic carbocycles. The van der Waals surface area contributed by atoms with E-state index in [4.69, 9.17) is 0 Å². The lowest BCUT2D eigenvalue weighted by atomic mass is 10.1. The Labute approximate surface area is 123 Å². The first kappa shape index (κ1) is 15.8. The number of aromatic nitrogens is 1. The van der Waals surface area contributed by atoms with E-state index >= 15 is 0 Å². The van der Waals surface area contributed by atoms with E-state index in [0.29, 0.717) is 0 Å². The normalized spacial score (nSPS) is 12.5. The summed E-state index contributed by atoms with van der Waals surface area (Å²) in [4.78, 5) is 3.43. The van der Waals surface area contributed by atoms with Crippen LogP contribution in [0.15, 0.2) is 40.9 Å². The highest BCUT2D eigenvalue weighted by Crippen LogP contribution is 2.34. The van der Waals surface area contributed by atoms with E-state index in [9.17, 15) is 26.3 Å². The third-order valence-electron chi connectivity index (χ3n) is 2.59. The summed E-state index contributed by atoms with van der Waals surface area (Å²) in [7, 11) is 0. The Bertz CT molecular complexity index is 645. The highest BCUT2D eigenvalue weighted by molar-refractivity contribution is 9.10. The highest BCUT2D eigenvalue weighted by atomic mass is 79.9. The zero-order valence-electron chi connectivity index (χ0n) is 10.1. The van der Waals surface area contributed by atoms with Crippen molar-refractivity contribution in [1.29, 1.82) is 0 Å². The first-order valence-corrected chi connectivity index (χ1v) is 6.29. The third kappa shape index (κ3) is 3.75. The van der Waals surface area contributed by atoms with Gasteiger partial charge < -0.3 is 0 Å². The van der Waals surface area contributed by atoms with Crippen LogP contribution < -0.4 is 0 Å². The Hall–Kier alpha value is -1.57. The van der Waals surface area contributed by atoms with Crippen molar-refractivity contribution < 1.29 is 26.3 Å². The molecule has 0 saturated carbocycles. The maximum absolute atomic E-state index is 12.7. The van der Waals surface area contributed by atoms with Gasteiger partial charge in [0.05, 0.1) is 11.3 Å². The van der Waals surface area contributed by atoms with E-state index < -0.39 is 23.6 Å². The molecule has 21 heavy (non-hydrogen) atoms. The summed E-state index contributed by atoms with van der Waals surface area (Å²) >= 11 is 2.93. The van der Waals surface area contributed by atoms with Crippen molar-refractivity contribution in [1.82, 2.24) is 4.98 Å². The molecule has 0 saturated heterocycles. The predicted molar refractivity (Wildman–Crippen MR) is 67.4 cm³/mol. The highest BCUT2D eigenvalue weighted by Gasteiger charge is 2.33. The van der Waals surface area contributed by atoms with Crippen molar-refractivity contribution >= 4 is 15.9 Å². The number of rotatable bonds is 1. The average Bonchev–Trinajstić information content (AvgIpc) is 2.36.